The summed E-state index contributed by atoms with van der Waals surface area (Å²) in [5.41, 5.74) is 0.960. The minimum atomic E-state index is -0.0684. The van der Waals surface area contributed by atoms with Gasteiger partial charge in [0.15, 0.2) is 0 Å². The Morgan fingerprint density at radius 1 is 1.24 bits per heavy atom. The molecule has 0 saturated heterocycles. The van der Waals surface area contributed by atoms with E-state index in [1.807, 2.05) is 19.1 Å². The van der Waals surface area contributed by atoms with E-state index in [1.165, 1.54) is 0 Å². The number of amides is 1. The van der Waals surface area contributed by atoms with Gasteiger partial charge < -0.3 is 5.32 Å². The summed E-state index contributed by atoms with van der Waals surface area (Å²) in [5.74, 6) is 0.365. The Morgan fingerprint density at radius 2 is 1.82 bits per heavy atom. The lowest BCUT2D eigenvalue weighted by Crippen LogP contribution is -2.34. The van der Waals surface area contributed by atoms with E-state index in [1.54, 1.807) is 24.3 Å². The van der Waals surface area contributed by atoms with E-state index in [-0.39, 0.29) is 11.9 Å². The molecule has 17 heavy (non-hydrogen) atoms. The van der Waals surface area contributed by atoms with Gasteiger partial charge in [0, 0.05) is 17.1 Å². The van der Waals surface area contributed by atoms with Crippen molar-refractivity contribution in [1.82, 2.24) is 5.32 Å². The predicted octanol–water partition coefficient (Wildman–Crippen LogP) is 3.51. The third kappa shape index (κ3) is 5.05. The van der Waals surface area contributed by atoms with Crippen LogP contribution >= 0.6 is 11.6 Å². The molecule has 92 valence electrons. The van der Waals surface area contributed by atoms with E-state index in [4.69, 9.17) is 11.6 Å². The molecule has 1 amide bonds. The van der Waals surface area contributed by atoms with Crippen molar-refractivity contribution in [3.05, 3.63) is 40.9 Å². The molecule has 0 bridgehead atoms. The van der Waals surface area contributed by atoms with Crippen molar-refractivity contribution in [3.63, 3.8) is 0 Å². The number of hydrogen-bond acceptors (Lipinski definition) is 1. The Morgan fingerprint density at radius 3 is 2.35 bits per heavy atom. The minimum Gasteiger partial charge on any atom is -0.350 e. The van der Waals surface area contributed by atoms with Crippen LogP contribution in [0.1, 0.15) is 26.3 Å². The first-order chi connectivity index (χ1) is 7.99. The average Bonchev–Trinajstić information content (AvgIpc) is 2.28. The van der Waals surface area contributed by atoms with Crippen LogP contribution in [0.5, 0.6) is 0 Å². The zero-order valence-corrected chi connectivity index (χ0v) is 11.2. The lowest BCUT2D eigenvalue weighted by atomic mass is 10.1. The Kier molecular flexibility index (Phi) is 5.23. The molecule has 1 rings (SSSR count). The number of halogens is 1. The second-order valence-electron chi connectivity index (χ2n) is 4.43. The second-order valence-corrected chi connectivity index (χ2v) is 4.86. The first-order valence-electron chi connectivity index (χ1n) is 5.73. The van der Waals surface area contributed by atoms with Gasteiger partial charge in [-0.2, -0.15) is 0 Å². The van der Waals surface area contributed by atoms with Gasteiger partial charge in [-0.3, -0.25) is 4.79 Å². The monoisotopic (exact) mass is 251 g/mol. The van der Waals surface area contributed by atoms with Crippen LogP contribution in [0, 0.1) is 5.92 Å². The SMILES string of the molecule is CC(C)C(C)NC(=O)/C=C/c1ccc(Cl)cc1. The van der Waals surface area contributed by atoms with E-state index in [0.29, 0.717) is 10.9 Å². The van der Waals surface area contributed by atoms with E-state index < -0.39 is 0 Å². The second kappa shape index (κ2) is 6.45. The summed E-state index contributed by atoms with van der Waals surface area (Å²) in [6.07, 6.45) is 3.32. The van der Waals surface area contributed by atoms with Crippen molar-refractivity contribution in [2.75, 3.05) is 0 Å². The molecular formula is C14H18ClNO. The van der Waals surface area contributed by atoms with Gasteiger partial charge in [-0.15, -0.1) is 0 Å². The quantitative estimate of drug-likeness (QED) is 0.816. The highest BCUT2D eigenvalue weighted by Gasteiger charge is 2.07. The molecule has 0 saturated carbocycles. The van der Waals surface area contributed by atoms with Crippen molar-refractivity contribution in [2.45, 2.75) is 26.8 Å². The van der Waals surface area contributed by atoms with Gasteiger partial charge in [0.25, 0.3) is 0 Å². The van der Waals surface area contributed by atoms with Crippen LogP contribution in [-0.4, -0.2) is 11.9 Å². The number of hydrogen-bond donors (Lipinski definition) is 1. The van der Waals surface area contributed by atoms with Gasteiger partial charge >= 0.3 is 0 Å². The van der Waals surface area contributed by atoms with E-state index >= 15 is 0 Å². The standard InChI is InChI=1S/C14H18ClNO/c1-10(2)11(3)16-14(17)9-6-12-4-7-13(15)8-5-12/h4-11H,1-3H3,(H,16,17)/b9-6+. The topological polar surface area (TPSA) is 29.1 Å². The van der Waals surface area contributed by atoms with Crippen LogP contribution in [0.25, 0.3) is 6.08 Å². The zero-order valence-electron chi connectivity index (χ0n) is 10.4. The van der Waals surface area contributed by atoms with Gasteiger partial charge in [-0.1, -0.05) is 37.6 Å². The zero-order chi connectivity index (χ0) is 12.8. The molecule has 3 heteroatoms. The molecule has 1 unspecified atom stereocenters. The molecule has 0 aliphatic carbocycles. The van der Waals surface area contributed by atoms with Crippen LogP contribution in [0.2, 0.25) is 5.02 Å². The Bertz CT molecular complexity index is 395. The van der Waals surface area contributed by atoms with Crippen molar-refractivity contribution in [2.24, 2.45) is 5.92 Å². The summed E-state index contributed by atoms with van der Waals surface area (Å²) in [6, 6.07) is 7.53. The fraction of sp³-hybridized carbons (Fsp3) is 0.357. The summed E-state index contributed by atoms with van der Waals surface area (Å²) >= 11 is 5.77. The van der Waals surface area contributed by atoms with Gasteiger partial charge in [0.05, 0.1) is 0 Å². The number of benzene rings is 1. The molecule has 0 aliphatic rings. The Labute approximate surface area is 108 Å². The molecule has 1 N–H and O–H groups in total. The van der Waals surface area contributed by atoms with E-state index in [0.717, 1.165) is 5.56 Å². The average molecular weight is 252 g/mol. The summed E-state index contributed by atoms with van der Waals surface area (Å²) in [5, 5.41) is 3.60. The maximum Gasteiger partial charge on any atom is 0.244 e. The molecular weight excluding hydrogens is 234 g/mol. The van der Waals surface area contributed by atoms with Crippen molar-refractivity contribution >= 4 is 23.6 Å². The number of carbonyl (C=O) groups excluding carboxylic acids is 1. The van der Waals surface area contributed by atoms with Crippen molar-refractivity contribution in [3.8, 4) is 0 Å². The molecule has 2 nitrogen and oxygen atoms in total. The maximum absolute atomic E-state index is 11.6. The normalized spacial score (nSPS) is 13.0. The lowest BCUT2D eigenvalue weighted by molar-refractivity contribution is -0.117. The Hall–Kier alpha value is -1.28. The van der Waals surface area contributed by atoms with Crippen LogP contribution < -0.4 is 5.32 Å². The van der Waals surface area contributed by atoms with Gasteiger partial charge in [0.2, 0.25) is 5.91 Å². The van der Waals surface area contributed by atoms with Crippen molar-refractivity contribution < 1.29 is 4.79 Å². The molecule has 1 aromatic rings. The van der Waals surface area contributed by atoms with Crippen LogP contribution in [0.15, 0.2) is 30.3 Å². The Balaban J connectivity index is 2.53. The molecule has 0 heterocycles. The summed E-state index contributed by atoms with van der Waals surface area (Å²) in [4.78, 5) is 11.6. The van der Waals surface area contributed by atoms with Crippen molar-refractivity contribution in [1.29, 1.82) is 0 Å². The first-order valence-corrected chi connectivity index (χ1v) is 6.11. The highest BCUT2D eigenvalue weighted by Crippen LogP contribution is 2.10. The van der Waals surface area contributed by atoms with Crippen LogP contribution in [0.4, 0.5) is 0 Å². The molecule has 1 aromatic carbocycles. The highest BCUT2D eigenvalue weighted by atomic mass is 35.5. The smallest absolute Gasteiger partial charge is 0.244 e. The molecule has 0 fully saturated rings. The van der Waals surface area contributed by atoms with Gasteiger partial charge in [-0.25, -0.2) is 0 Å². The molecule has 0 radical (unpaired) electrons. The minimum absolute atomic E-state index is 0.0684. The molecule has 1 atom stereocenters. The molecule has 0 aliphatic heterocycles. The number of rotatable bonds is 4. The van der Waals surface area contributed by atoms with Gasteiger partial charge in [-0.05, 0) is 36.6 Å². The fourth-order valence-corrected chi connectivity index (χ4v) is 1.31. The van der Waals surface area contributed by atoms with Crippen LogP contribution in [-0.2, 0) is 4.79 Å². The largest absolute Gasteiger partial charge is 0.350 e. The summed E-state index contributed by atoms with van der Waals surface area (Å²) in [6.45, 7) is 6.15. The lowest BCUT2D eigenvalue weighted by Gasteiger charge is -2.15. The predicted molar refractivity (Wildman–Crippen MR) is 72.9 cm³/mol. The molecule has 0 aromatic heterocycles. The maximum atomic E-state index is 11.6. The van der Waals surface area contributed by atoms with E-state index in [9.17, 15) is 4.79 Å². The summed E-state index contributed by atoms with van der Waals surface area (Å²) < 4.78 is 0. The number of carbonyl (C=O) groups is 1. The van der Waals surface area contributed by atoms with E-state index in [2.05, 4.69) is 19.2 Å². The fourth-order valence-electron chi connectivity index (χ4n) is 1.18. The third-order valence-corrected chi connectivity index (χ3v) is 2.92. The third-order valence-electron chi connectivity index (χ3n) is 2.67. The first kappa shape index (κ1) is 13.8. The summed E-state index contributed by atoms with van der Waals surface area (Å²) in [7, 11) is 0. The number of nitrogens with one attached hydrogen (secondary N) is 1. The molecule has 0 spiro atoms. The van der Waals surface area contributed by atoms with Gasteiger partial charge in [0.1, 0.15) is 0 Å². The highest BCUT2D eigenvalue weighted by molar-refractivity contribution is 6.30. The van der Waals surface area contributed by atoms with Crippen LogP contribution in [0.3, 0.4) is 0 Å².